The molecule has 1 amide bonds. The Kier molecular flexibility index (Phi) is 5.49. The molecule has 0 fully saturated rings. The Bertz CT molecular complexity index is 653. The zero-order chi connectivity index (χ0) is 15.1. The van der Waals surface area contributed by atoms with Crippen LogP contribution in [0.2, 0.25) is 0 Å². The van der Waals surface area contributed by atoms with Crippen molar-refractivity contribution < 1.29 is 14.4 Å². The number of nitrogens with one attached hydrogen (secondary N) is 1. The Morgan fingerprint density at radius 3 is 3.14 bits per heavy atom. The highest BCUT2D eigenvalue weighted by atomic mass is 32.1. The van der Waals surface area contributed by atoms with Crippen molar-refractivity contribution in [2.24, 2.45) is 0 Å². The minimum atomic E-state index is -0.137. The molecule has 0 aliphatic rings. The molecule has 0 saturated heterocycles. The third-order valence-corrected chi connectivity index (χ3v) is 3.77. The summed E-state index contributed by atoms with van der Waals surface area (Å²) in [6.07, 6.45) is 2.22. The van der Waals surface area contributed by atoms with Crippen LogP contribution in [0.3, 0.4) is 0 Å². The van der Waals surface area contributed by atoms with Gasteiger partial charge in [0.1, 0.15) is 0 Å². The van der Waals surface area contributed by atoms with E-state index in [2.05, 4.69) is 31.8 Å². The first kappa shape index (κ1) is 15.2. The van der Waals surface area contributed by atoms with Crippen molar-refractivity contribution in [1.82, 2.24) is 15.5 Å². The molecule has 0 aromatic carbocycles. The summed E-state index contributed by atoms with van der Waals surface area (Å²) >= 11 is 1.35. The number of amides is 1. The normalized spacial score (nSPS) is 10.0. The zero-order valence-electron chi connectivity index (χ0n) is 11.5. The molecule has 6 nitrogen and oxygen atoms in total. The van der Waals surface area contributed by atoms with E-state index in [0.29, 0.717) is 30.1 Å². The van der Waals surface area contributed by atoms with Crippen LogP contribution in [0.4, 0.5) is 0 Å². The van der Waals surface area contributed by atoms with Crippen LogP contribution in [0.1, 0.15) is 32.4 Å². The van der Waals surface area contributed by atoms with Crippen LogP contribution >= 0.6 is 11.3 Å². The molecule has 0 saturated carbocycles. The van der Waals surface area contributed by atoms with Gasteiger partial charge in [-0.05, 0) is 18.6 Å². The highest BCUT2D eigenvalue weighted by Gasteiger charge is 2.11. The number of aliphatic hydroxyl groups is 1. The standard InChI is InChI=1S/C14H15N3O3S/c1-10-8-12(21-11(10)4-2-3-7-18)14(19)15-6-5-13-16-9-20-17-13/h8-9,18H,3,5-7H2,1H3,(H,15,19). The number of aliphatic hydroxyl groups excluding tert-OH is 1. The van der Waals surface area contributed by atoms with Gasteiger partial charge in [0.2, 0.25) is 6.39 Å². The summed E-state index contributed by atoms with van der Waals surface area (Å²) in [4.78, 5) is 17.4. The van der Waals surface area contributed by atoms with E-state index in [1.165, 1.54) is 17.7 Å². The van der Waals surface area contributed by atoms with E-state index in [9.17, 15) is 4.79 Å². The smallest absolute Gasteiger partial charge is 0.261 e. The van der Waals surface area contributed by atoms with E-state index < -0.39 is 0 Å². The minimum absolute atomic E-state index is 0.0425. The topological polar surface area (TPSA) is 88.3 Å². The van der Waals surface area contributed by atoms with Gasteiger partial charge in [-0.25, -0.2) is 0 Å². The lowest BCUT2D eigenvalue weighted by molar-refractivity contribution is 0.0958. The summed E-state index contributed by atoms with van der Waals surface area (Å²) < 4.78 is 4.62. The highest BCUT2D eigenvalue weighted by molar-refractivity contribution is 7.14. The second-order valence-corrected chi connectivity index (χ2v) is 5.30. The number of hydrogen-bond donors (Lipinski definition) is 2. The Labute approximate surface area is 126 Å². The minimum Gasteiger partial charge on any atom is -0.395 e. The molecular weight excluding hydrogens is 290 g/mol. The van der Waals surface area contributed by atoms with Crippen LogP contribution in [0, 0.1) is 18.8 Å². The second kappa shape index (κ2) is 7.57. The van der Waals surface area contributed by atoms with E-state index in [1.54, 1.807) is 0 Å². The van der Waals surface area contributed by atoms with Crippen LogP contribution in [-0.4, -0.2) is 34.3 Å². The first-order valence-electron chi connectivity index (χ1n) is 6.44. The van der Waals surface area contributed by atoms with Gasteiger partial charge in [0.15, 0.2) is 5.82 Å². The maximum absolute atomic E-state index is 12.0. The summed E-state index contributed by atoms with van der Waals surface area (Å²) in [5.41, 5.74) is 0.966. The molecule has 2 aromatic rings. The molecule has 21 heavy (non-hydrogen) atoms. The van der Waals surface area contributed by atoms with Gasteiger partial charge in [-0.1, -0.05) is 17.0 Å². The van der Waals surface area contributed by atoms with Crippen molar-refractivity contribution in [1.29, 1.82) is 0 Å². The first-order valence-corrected chi connectivity index (χ1v) is 7.26. The van der Waals surface area contributed by atoms with Crippen molar-refractivity contribution in [3.8, 4) is 11.8 Å². The van der Waals surface area contributed by atoms with E-state index in [-0.39, 0.29) is 12.5 Å². The molecule has 0 atom stereocenters. The quantitative estimate of drug-likeness (QED) is 0.809. The third kappa shape index (κ3) is 4.41. The average molecular weight is 305 g/mol. The van der Waals surface area contributed by atoms with E-state index >= 15 is 0 Å². The van der Waals surface area contributed by atoms with Gasteiger partial charge in [0.05, 0.1) is 16.4 Å². The second-order valence-electron chi connectivity index (χ2n) is 4.25. The number of rotatable bonds is 5. The number of thiophene rings is 1. The van der Waals surface area contributed by atoms with Crippen LogP contribution in [0.5, 0.6) is 0 Å². The van der Waals surface area contributed by atoms with Gasteiger partial charge in [-0.3, -0.25) is 4.79 Å². The van der Waals surface area contributed by atoms with Crippen molar-refractivity contribution in [2.75, 3.05) is 13.2 Å². The molecule has 2 aromatic heterocycles. The molecule has 2 heterocycles. The largest absolute Gasteiger partial charge is 0.395 e. The van der Waals surface area contributed by atoms with Crippen LogP contribution < -0.4 is 5.32 Å². The Hall–Kier alpha value is -2.17. The monoisotopic (exact) mass is 305 g/mol. The molecule has 0 aliphatic heterocycles. The lowest BCUT2D eigenvalue weighted by atomic mass is 10.2. The lowest BCUT2D eigenvalue weighted by Crippen LogP contribution is -2.25. The molecule has 0 aliphatic carbocycles. The zero-order valence-corrected chi connectivity index (χ0v) is 12.4. The van der Waals surface area contributed by atoms with E-state index in [4.69, 9.17) is 5.11 Å². The first-order chi connectivity index (χ1) is 10.2. The van der Waals surface area contributed by atoms with Crippen molar-refractivity contribution in [3.63, 3.8) is 0 Å². The Morgan fingerprint density at radius 1 is 1.57 bits per heavy atom. The number of aryl methyl sites for hydroxylation is 1. The van der Waals surface area contributed by atoms with Gasteiger partial charge in [-0.15, -0.1) is 11.3 Å². The van der Waals surface area contributed by atoms with Gasteiger partial charge in [-0.2, -0.15) is 4.98 Å². The molecule has 2 N–H and O–H groups in total. The summed E-state index contributed by atoms with van der Waals surface area (Å²) in [5, 5.41) is 15.2. The SMILES string of the molecule is Cc1cc(C(=O)NCCc2ncon2)sc1C#CCCO. The molecule has 0 unspecified atom stereocenters. The number of aromatic nitrogens is 2. The predicted octanol–water partition coefficient (Wildman–Crippen LogP) is 1.15. The molecule has 7 heteroatoms. The lowest BCUT2D eigenvalue weighted by Gasteiger charge is -2.00. The summed E-state index contributed by atoms with van der Waals surface area (Å²) in [6, 6.07) is 1.82. The fourth-order valence-electron chi connectivity index (χ4n) is 1.59. The van der Waals surface area contributed by atoms with Gasteiger partial charge >= 0.3 is 0 Å². The summed E-state index contributed by atoms with van der Waals surface area (Å²) in [5.74, 6) is 6.25. The number of nitrogens with zero attached hydrogens (tertiary/aromatic N) is 2. The predicted molar refractivity (Wildman–Crippen MR) is 78.0 cm³/mol. The Morgan fingerprint density at radius 2 is 2.43 bits per heavy atom. The highest BCUT2D eigenvalue weighted by Crippen LogP contribution is 2.20. The summed E-state index contributed by atoms with van der Waals surface area (Å²) in [6.45, 7) is 2.40. The fraction of sp³-hybridized carbons (Fsp3) is 0.357. The molecule has 0 spiro atoms. The number of carbonyl (C=O) groups is 1. The van der Waals surface area contributed by atoms with Crippen LogP contribution in [0.25, 0.3) is 0 Å². The molecule has 0 bridgehead atoms. The van der Waals surface area contributed by atoms with Crippen LogP contribution in [-0.2, 0) is 6.42 Å². The number of carbonyl (C=O) groups excluding carboxylic acids is 1. The van der Waals surface area contributed by atoms with Crippen molar-refractivity contribution in [3.05, 3.63) is 33.6 Å². The van der Waals surface area contributed by atoms with Crippen LogP contribution in [0.15, 0.2) is 17.0 Å². The van der Waals surface area contributed by atoms with E-state index in [0.717, 1.165) is 10.4 Å². The Balaban J connectivity index is 1.90. The third-order valence-electron chi connectivity index (χ3n) is 2.62. The maximum Gasteiger partial charge on any atom is 0.261 e. The number of hydrogen-bond acceptors (Lipinski definition) is 6. The average Bonchev–Trinajstić information content (AvgIpc) is 3.09. The molecule has 2 rings (SSSR count). The van der Waals surface area contributed by atoms with Crippen molar-refractivity contribution in [2.45, 2.75) is 19.8 Å². The molecule has 0 radical (unpaired) electrons. The van der Waals surface area contributed by atoms with Gasteiger partial charge in [0, 0.05) is 19.4 Å². The molecular formula is C14H15N3O3S. The fourth-order valence-corrected chi connectivity index (χ4v) is 2.56. The maximum atomic E-state index is 12.0. The van der Waals surface area contributed by atoms with Gasteiger partial charge in [0.25, 0.3) is 5.91 Å². The summed E-state index contributed by atoms with van der Waals surface area (Å²) in [7, 11) is 0. The van der Waals surface area contributed by atoms with Crippen molar-refractivity contribution >= 4 is 17.2 Å². The van der Waals surface area contributed by atoms with E-state index in [1.807, 2.05) is 13.0 Å². The van der Waals surface area contributed by atoms with Gasteiger partial charge < -0.3 is 14.9 Å². The molecule has 110 valence electrons.